The Balaban J connectivity index is 0.796. The summed E-state index contributed by atoms with van der Waals surface area (Å²) in [5, 5.41) is 0. The normalized spacial score (nSPS) is 11.2. The highest BCUT2D eigenvalue weighted by Gasteiger charge is 2.20. The fraction of sp³-hybridized carbons (Fsp3) is 0.0750. The molecule has 0 saturated carbocycles. The van der Waals surface area contributed by atoms with Crippen molar-refractivity contribution in [3.05, 3.63) is 357 Å². The molecule has 0 aliphatic carbocycles. The second kappa shape index (κ2) is 25.8. The molecule has 0 fully saturated rings. The van der Waals surface area contributed by atoms with E-state index in [9.17, 15) is 0 Å². The third-order valence-corrected chi connectivity index (χ3v) is 15.3. The highest BCUT2D eigenvalue weighted by atomic mass is 15.2. The van der Waals surface area contributed by atoms with Crippen molar-refractivity contribution in [1.82, 2.24) is 0 Å². The van der Waals surface area contributed by atoms with Gasteiger partial charge in [-0.2, -0.15) is 0 Å². The Labute approximate surface area is 486 Å². The number of anilines is 6. The summed E-state index contributed by atoms with van der Waals surface area (Å²) in [4.78, 5) is 4.83. The van der Waals surface area contributed by atoms with Gasteiger partial charge in [-0.3, -0.25) is 0 Å². The largest absolute Gasteiger partial charge is 0.310 e. The number of benzene rings is 11. The van der Waals surface area contributed by atoms with Crippen molar-refractivity contribution in [1.29, 1.82) is 0 Å². The molecule has 0 radical (unpaired) electrons. The smallest absolute Gasteiger partial charge is 0.0522 e. The van der Waals surface area contributed by atoms with Crippen LogP contribution in [0.25, 0.3) is 47.6 Å². The molecule has 0 bridgehead atoms. The van der Waals surface area contributed by atoms with E-state index in [1.54, 1.807) is 0 Å². The van der Waals surface area contributed by atoms with Crippen LogP contribution < -0.4 is 9.80 Å². The van der Waals surface area contributed by atoms with Crippen LogP contribution in [-0.4, -0.2) is 0 Å². The summed E-state index contributed by atoms with van der Waals surface area (Å²) in [5.41, 5.74) is 26.1. The third-order valence-electron chi connectivity index (χ3n) is 15.3. The Kier molecular flexibility index (Phi) is 17.0. The van der Waals surface area contributed by atoms with Crippen molar-refractivity contribution in [2.75, 3.05) is 9.80 Å². The van der Waals surface area contributed by atoms with Crippen LogP contribution in [0.4, 0.5) is 34.1 Å². The van der Waals surface area contributed by atoms with Crippen LogP contribution in [0.2, 0.25) is 0 Å². The number of rotatable bonds is 18. The molecule has 11 rings (SSSR count). The monoisotopic (exact) mass is 1060 g/mol. The Bertz CT molecular complexity index is 3640. The number of nitrogens with zero attached hydrogens (tertiary/aromatic N) is 2. The van der Waals surface area contributed by atoms with Crippen LogP contribution in [0.15, 0.2) is 279 Å². The van der Waals surface area contributed by atoms with Crippen molar-refractivity contribution < 1.29 is 0 Å². The fourth-order valence-corrected chi connectivity index (χ4v) is 10.9. The minimum atomic E-state index is 0.935. The quantitative estimate of drug-likeness (QED) is 0.0790. The average molecular weight is 1060 g/mol. The topological polar surface area (TPSA) is 6.48 Å². The predicted octanol–water partition coefficient (Wildman–Crippen LogP) is 21.9. The van der Waals surface area contributed by atoms with Crippen molar-refractivity contribution >= 4 is 81.7 Å². The molecule has 0 atom stereocenters. The molecular weight excluding hydrogens is 989 g/mol. The van der Waals surface area contributed by atoms with Gasteiger partial charge in [-0.15, -0.1) is 0 Å². The van der Waals surface area contributed by atoms with Gasteiger partial charge in [-0.05, 0) is 176 Å². The molecule has 0 saturated heterocycles. The lowest BCUT2D eigenvalue weighted by atomic mass is 9.95. The standard InChI is InChI=1S/C80H68N2/c1-5-67-31-19-21-59(3)79(67)81(75-53-45-65(46-54-75)57-77(69-23-11-7-12-24-69)70-25-13-8-14-26-70)73-49-41-63(42-50-73)39-37-61-33-35-62(36-34-61)38-40-64-43-51-74(52-44-64)82(80-60(4)22-20-32-68(80)6-2)76-55-47-66(48-56-76)58-78(71-27-15-9-16-28-71)72-29-17-10-18-30-72/h7-58H,5-6H2,1-4H3/b39-37+,40-38+. The lowest BCUT2D eigenvalue weighted by Gasteiger charge is -2.29. The van der Waals surface area contributed by atoms with Gasteiger partial charge in [0.05, 0.1) is 11.4 Å². The van der Waals surface area contributed by atoms with Gasteiger partial charge in [-0.1, -0.05) is 269 Å². The molecule has 11 aromatic rings. The van der Waals surface area contributed by atoms with Gasteiger partial charge in [0, 0.05) is 22.7 Å². The summed E-state index contributed by atoms with van der Waals surface area (Å²) >= 11 is 0. The molecule has 11 aromatic carbocycles. The van der Waals surface area contributed by atoms with E-state index >= 15 is 0 Å². The van der Waals surface area contributed by atoms with E-state index in [4.69, 9.17) is 0 Å². The van der Waals surface area contributed by atoms with Crippen LogP contribution in [0, 0.1) is 13.8 Å². The fourth-order valence-electron chi connectivity index (χ4n) is 10.9. The van der Waals surface area contributed by atoms with E-state index in [1.807, 2.05) is 0 Å². The number of hydrogen-bond donors (Lipinski definition) is 0. The second-order valence-corrected chi connectivity index (χ2v) is 20.8. The first kappa shape index (κ1) is 54.0. The molecule has 0 aliphatic rings. The molecule has 82 heavy (non-hydrogen) atoms. The maximum absolute atomic E-state index is 2.42. The minimum Gasteiger partial charge on any atom is -0.310 e. The maximum atomic E-state index is 2.42. The molecule has 0 aliphatic heterocycles. The average Bonchev–Trinajstić information content (AvgIpc) is 3.73. The van der Waals surface area contributed by atoms with Crippen molar-refractivity contribution in [2.45, 2.75) is 40.5 Å². The van der Waals surface area contributed by atoms with E-state index in [0.717, 1.165) is 69.0 Å². The third kappa shape index (κ3) is 12.7. The van der Waals surface area contributed by atoms with Crippen LogP contribution in [0.3, 0.4) is 0 Å². The summed E-state index contributed by atoms with van der Waals surface area (Å²) in [6.07, 6.45) is 15.3. The molecule has 2 nitrogen and oxygen atoms in total. The first-order chi connectivity index (χ1) is 40.4. The summed E-state index contributed by atoms with van der Waals surface area (Å²) in [6, 6.07) is 101. The van der Waals surface area contributed by atoms with Crippen molar-refractivity contribution in [3.8, 4) is 0 Å². The van der Waals surface area contributed by atoms with Crippen LogP contribution >= 0.6 is 0 Å². The second-order valence-electron chi connectivity index (χ2n) is 20.8. The lowest BCUT2D eigenvalue weighted by molar-refractivity contribution is 1.10. The minimum absolute atomic E-state index is 0.935. The van der Waals surface area contributed by atoms with E-state index in [2.05, 4.69) is 353 Å². The molecule has 0 spiro atoms. The van der Waals surface area contributed by atoms with Gasteiger partial charge in [0.15, 0.2) is 0 Å². The van der Waals surface area contributed by atoms with Crippen LogP contribution in [0.1, 0.15) is 91.7 Å². The summed E-state index contributed by atoms with van der Waals surface area (Å²) in [5.74, 6) is 0. The molecule has 398 valence electrons. The Morgan fingerprint density at radius 3 is 0.768 bits per heavy atom. The molecule has 0 amide bonds. The van der Waals surface area contributed by atoms with Gasteiger partial charge < -0.3 is 9.80 Å². The SMILES string of the molecule is CCc1cccc(C)c1N(c1ccc(C=C(c2ccccc2)c2ccccc2)cc1)c1ccc(/C=C/c2ccc(/C=C/c3ccc(N(c4ccc(C=C(c5ccccc5)c5ccccc5)cc4)c4c(C)cccc4CC)cc3)cc2)cc1. The van der Waals surface area contributed by atoms with Gasteiger partial charge >= 0.3 is 0 Å². The molecule has 2 heteroatoms. The van der Waals surface area contributed by atoms with E-state index in [-0.39, 0.29) is 0 Å². The molecule has 0 unspecified atom stereocenters. The van der Waals surface area contributed by atoms with Gasteiger partial charge in [0.25, 0.3) is 0 Å². The summed E-state index contributed by atoms with van der Waals surface area (Å²) < 4.78 is 0. The molecule has 0 N–H and O–H groups in total. The van der Waals surface area contributed by atoms with Gasteiger partial charge in [-0.25, -0.2) is 0 Å². The summed E-state index contributed by atoms with van der Waals surface area (Å²) in [6.45, 7) is 8.92. The lowest BCUT2D eigenvalue weighted by Crippen LogP contribution is -2.13. The zero-order chi connectivity index (χ0) is 56.0. The number of hydrogen-bond acceptors (Lipinski definition) is 2. The Morgan fingerprint density at radius 1 is 0.268 bits per heavy atom. The first-order valence-corrected chi connectivity index (χ1v) is 28.7. The van der Waals surface area contributed by atoms with Crippen LogP contribution in [-0.2, 0) is 12.8 Å². The molecule has 0 aromatic heterocycles. The van der Waals surface area contributed by atoms with Crippen molar-refractivity contribution in [2.24, 2.45) is 0 Å². The molecule has 0 heterocycles. The van der Waals surface area contributed by atoms with E-state index < -0.39 is 0 Å². The zero-order valence-corrected chi connectivity index (χ0v) is 47.3. The summed E-state index contributed by atoms with van der Waals surface area (Å²) in [7, 11) is 0. The highest BCUT2D eigenvalue weighted by Crippen LogP contribution is 2.42. The number of para-hydroxylation sites is 2. The highest BCUT2D eigenvalue weighted by molar-refractivity contribution is 5.93. The molecular formula is C80H68N2. The Morgan fingerprint density at radius 2 is 0.512 bits per heavy atom. The zero-order valence-electron chi connectivity index (χ0n) is 47.3. The van der Waals surface area contributed by atoms with E-state index in [0.29, 0.717) is 0 Å². The van der Waals surface area contributed by atoms with Gasteiger partial charge in [0.2, 0.25) is 0 Å². The first-order valence-electron chi connectivity index (χ1n) is 28.7. The van der Waals surface area contributed by atoms with Crippen molar-refractivity contribution in [3.63, 3.8) is 0 Å². The number of aryl methyl sites for hydroxylation is 4. The van der Waals surface area contributed by atoms with Crippen LogP contribution in [0.5, 0.6) is 0 Å². The van der Waals surface area contributed by atoms with Gasteiger partial charge in [0.1, 0.15) is 0 Å². The maximum Gasteiger partial charge on any atom is 0.0522 e. The van der Waals surface area contributed by atoms with E-state index in [1.165, 1.54) is 67.0 Å². The predicted molar refractivity (Wildman–Crippen MR) is 354 cm³/mol. The Hall–Kier alpha value is -10.0.